The van der Waals surface area contributed by atoms with Gasteiger partial charge in [-0.2, -0.15) is 0 Å². The van der Waals surface area contributed by atoms with E-state index in [1.165, 1.54) is 11.0 Å². The fraction of sp³-hybridized carbons (Fsp3) is 0.500. The van der Waals surface area contributed by atoms with Crippen LogP contribution in [-0.4, -0.2) is 22.6 Å². The van der Waals surface area contributed by atoms with Gasteiger partial charge in [-0.25, -0.2) is 5.84 Å². The average Bonchev–Trinajstić information content (AvgIpc) is 2.73. The molecule has 1 aliphatic rings. The van der Waals surface area contributed by atoms with Crippen molar-refractivity contribution in [2.24, 2.45) is 11.3 Å². The average molecular weight is 293 g/mol. The number of hydrogen-bond acceptors (Lipinski definition) is 5. The van der Waals surface area contributed by atoms with Crippen molar-refractivity contribution in [3.05, 3.63) is 23.2 Å². The lowest BCUT2D eigenvalue weighted by molar-refractivity contribution is -0.153. The summed E-state index contributed by atoms with van der Waals surface area (Å²) in [6, 6.07) is 1.50. The van der Waals surface area contributed by atoms with Crippen molar-refractivity contribution >= 4 is 17.7 Å². The summed E-state index contributed by atoms with van der Waals surface area (Å²) in [5.41, 5.74) is 2.29. The minimum Gasteiger partial charge on any atom is -0.456 e. The zero-order chi connectivity index (χ0) is 15.8. The quantitative estimate of drug-likeness (QED) is 0.372. The number of rotatable bonds is 3. The molecule has 0 spiro atoms. The molecule has 114 valence electrons. The van der Waals surface area contributed by atoms with Crippen molar-refractivity contribution in [3.8, 4) is 0 Å². The largest absolute Gasteiger partial charge is 0.456 e. The first-order valence-electron chi connectivity index (χ1n) is 6.67. The van der Waals surface area contributed by atoms with Crippen molar-refractivity contribution in [2.45, 2.75) is 40.2 Å². The first-order valence-corrected chi connectivity index (χ1v) is 6.67. The molecule has 0 bridgehead atoms. The van der Waals surface area contributed by atoms with Gasteiger partial charge in [0.1, 0.15) is 5.76 Å². The lowest BCUT2D eigenvalue weighted by atomic mass is 9.81. The maximum Gasteiger partial charge on any atom is 0.300 e. The topological polar surface area (TPSA) is 106 Å². The highest BCUT2D eigenvalue weighted by Gasteiger charge is 2.37. The van der Waals surface area contributed by atoms with Crippen LogP contribution in [0.5, 0.6) is 0 Å². The van der Waals surface area contributed by atoms with Gasteiger partial charge in [-0.3, -0.25) is 24.7 Å². The number of nitrogens with one attached hydrogen (secondary N) is 1. The summed E-state index contributed by atoms with van der Waals surface area (Å²) in [4.78, 5) is 36.8. The summed E-state index contributed by atoms with van der Waals surface area (Å²) >= 11 is 0. The van der Waals surface area contributed by atoms with Crippen LogP contribution in [0.25, 0.3) is 0 Å². The van der Waals surface area contributed by atoms with E-state index in [9.17, 15) is 14.4 Å². The number of nitrogens with two attached hydrogens (primary N) is 1. The minimum atomic E-state index is -0.554. The molecule has 2 rings (SSSR count). The third-order valence-corrected chi connectivity index (χ3v) is 3.57. The molecule has 7 nitrogen and oxygen atoms in total. The molecule has 0 saturated carbocycles. The molecule has 1 aromatic rings. The zero-order valence-corrected chi connectivity index (χ0v) is 12.4. The van der Waals surface area contributed by atoms with Crippen molar-refractivity contribution in [2.75, 3.05) is 0 Å². The maximum atomic E-state index is 12.1. The van der Waals surface area contributed by atoms with Crippen molar-refractivity contribution in [3.63, 3.8) is 0 Å². The highest BCUT2D eigenvalue weighted by molar-refractivity contribution is 5.98. The van der Waals surface area contributed by atoms with Gasteiger partial charge in [-0.15, -0.1) is 0 Å². The Hall–Kier alpha value is -2.15. The molecule has 7 heteroatoms. The Kier molecular flexibility index (Phi) is 3.87. The van der Waals surface area contributed by atoms with Crippen LogP contribution in [0.1, 0.15) is 48.6 Å². The number of imide groups is 1. The normalized spacial score (nSPS) is 18.0. The van der Waals surface area contributed by atoms with Crippen LogP contribution in [0.3, 0.4) is 0 Å². The van der Waals surface area contributed by atoms with Crippen LogP contribution < -0.4 is 11.3 Å². The lowest BCUT2D eigenvalue weighted by Crippen LogP contribution is -2.45. The number of carbonyl (C=O) groups excluding carboxylic acids is 3. The van der Waals surface area contributed by atoms with E-state index in [4.69, 9.17) is 10.3 Å². The highest BCUT2D eigenvalue weighted by Crippen LogP contribution is 2.32. The summed E-state index contributed by atoms with van der Waals surface area (Å²) in [7, 11) is 0. The molecule has 21 heavy (non-hydrogen) atoms. The number of hydrazine groups is 1. The van der Waals surface area contributed by atoms with Crippen molar-refractivity contribution in [1.29, 1.82) is 0 Å². The first-order chi connectivity index (χ1) is 9.73. The fourth-order valence-corrected chi connectivity index (χ4v) is 2.42. The molecule has 0 aliphatic carbocycles. The molecule has 1 aliphatic heterocycles. The molecular weight excluding hydrogens is 274 g/mol. The van der Waals surface area contributed by atoms with Gasteiger partial charge in [0, 0.05) is 18.4 Å². The highest BCUT2D eigenvalue weighted by atomic mass is 16.4. The van der Waals surface area contributed by atoms with E-state index >= 15 is 0 Å². The summed E-state index contributed by atoms with van der Waals surface area (Å²) in [6.45, 7) is 5.58. The Balaban J connectivity index is 2.18. The van der Waals surface area contributed by atoms with E-state index in [1.54, 1.807) is 6.92 Å². The molecule has 0 atom stereocenters. The molecule has 2 heterocycles. The van der Waals surface area contributed by atoms with Crippen molar-refractivity contribution < 1.29 is 18.8 Å². The monoisotopic (exact) mass is 293 g/mol. The Labute approximate surface area is 122 Å². The fourth-order valence-electron chi connectivity index (χ4n) is 2.42. The van der Waals surface area contributed by atoms with Crippen LogP contribution in [0.15, 0.2) is 10.5 Å². The van der Waals surface area contributed by atoms with E-state index in [-0.39, 0.29) is 29.5 Å². The van der Waals surface area contributed by atoms with Crippen LogP contribution in [0.4, 0.5) is 0 Å². The van der Waals surface area contributed by atoms with Gasteiger partial charge >= 0.3 is 5.91 Å². The van der Waals surface area contributed by atoms with Crippen LogP contribution in [0.2, 0.25) is 0 Å². The summed E-state index contributed by atoms with van der Waals surface area (Å²) in [6.07, 6.45) is 0.650. The Morgan fingerprint density at radius 2 is 1.95 bits per heavy atom. The van der Waals surface area contributed by atoms with Crippen molar-refractivity contribution in [1.82, 2.24) is 10.3 Å². The van der Waals surface area contributed by atoms with Gasteiger partial charge in [0.25, 0.3) is 0 Å². The van der Waals surface area contributed by atoms with Gasteiger partial charge in [0.2, 0.25) is 11.8 Å². The summed E-state index contributed by atoms with van der Waals surface area (Å²) in [5.74, 6) is 4.62. The number of piperidine rings is 1. The number of nitrogens with zero attached hydrogens (tertiary/aromatic N) is 1. The van der Waals surface area contributed by atoms with Crippen LogP contribution >= 0.6 is 0 Å². The lowest BCUT2D eigenvalue weighted by Gasteiger charge is -2.34. The smallest absolute Gasteiger partial charge is 0.300 e. The second-order valence-corrected chi connectivity index (χ2v) is 6.06. The van der Waals surface area contributed by atoms with E-state index in [0.29, 0.717) is 24.2 Å². The molecule has 1 aromatic heterocycles. The minimum absolute atomic E-state index is 0.0576. The number of amides is 3. The standard InChI is InChI=1S/C14H19N3O4/c1-8-9(4-10(21-8)13(20)16-15)7-17-11(18)5-14(2,3)6-12(17)19/h4H,5-7,15H2,1-3H3,(H,16,20). The van der Waals surface area contributed by atoms with Crippen LogP contribution in [-0.2, 0) is 16.1 Å². The van der Waals surface area contributed by atoms with E-state index in [2.05, 4.69) is 0 Å². The molecule has 3 N–H and O–H groups in total. The number of carbonyl (C=O) groups is 3. The molecular formula is C14H19N3O4. The number of nitrogen functional groups attached to an aromatic ring is 1. The maximum absolute atomic E-state index is 12.1. The van der Waals surface area contributed by atoms with Gasteiger partial charge in [-0.1, -0.05) is 13.8 Å². The van der Waals surface area contributed by atoms with Crippen LogP contribution in [0, 0.1) is 12.3 Å². The third-order valence-electron chi connectivity index (χ3n) is 3.57. The summed E-state index contributed by atoms with van der Waals surface area (Å²) < 4.78 is 5.28. The van der Waals surface area contributed by atoms with E-state index in [1.807, 2.05) is 19.3 Å². The second-order valence-electron chi connectivity index (χ2n) is 6.06. The molecule has 3 amide bonds. The second kappa shape index (κ2) is 5.33. The number of likely N-dealkylation sites (tertiary alicyclic amines) is 1. The van der Waals surface area contributed by atoms with Gasteiger partial charge < -0.3 is 4.42 Å². The Morgan fingerprint density at radius 1 is 1.38 bits per heavy atom. The van der Waals surface area contributed by atoms with Gasteiger partial charge in [-0.05, 0) is 18.4 Å². The first kappa shape index (κ1) is 15.2. The SMILES string of the molecule is Cc1oc(C(=O)NN)cc1CN1C(=O)CC(C)(C)CC1=O. The number of furan rings is 1. The molecule has 0 aromatic carbocycles. The molecule has 0 radical (unpaired) electrons. The molecule has 0 unspecified atom stereocenters. The third kappa shape index (κ3) is 3.13. The zero-order valence-electron chi connectivity index (χ0n) is 12.4. The molecule has 1 fully saturated rings. The predicted molar refractivity (Wildman–Crippen MR) is 73.7 cm³/mol. The Bertz CT molecular complexity index is 583. The van der Waals surface area contributed by atoms with Gasteiger partial charge in [0.15, 0.2) is 5.76 Å². The van der Waals surface area contributed by atoms with Gasteiger partial charge in [0.05, 0.1) is 6.54 Å². The number of hydrogen-bond donors (Lipinski definition) is 2. The van der Waals surface area contributed by atoms with E-state index < -0.39 is 5.91 Å². The van der Waals surface area contributed by atoms with E-state index in [0.717, 1.165) is 0 Å². The molecule has 1 saturated heterocycles. The summed E-state index contributed by atoms with van der Waals surface area (Å²) in [5, 5.41) is 0. The Morgan fingerprint density at radius 3 is 2.48 bits per heavy atom. The predicted octanol–water partition coefficient (Wildman–Crippen LogP) is 0.867. The number of aryl methyl sites for hydroxylation is 1.